The quantitative estimate of drug-likeness (QED) is 0.294. The summed E-state index contributed by atoms with van der Waals surface area (Å²) in [5.41, 5.74) is 3.42. The Morgan fingerprint density at radius 3 is 2.10 bits per heavy atom. The number of hydrogen-bond donors (Lipinski definition) is 1. The maximum Gasteiger partial charge on any atom is 0.243 e. The summed E-state index contributed by atoms with van der Waals surface area (Å²) in [6.45, 7) is 0.565. The lowest BCUT2D eigenvalue weighted by molar-refractivity contribution is -0.140. The number of rotatable bonds is 12. The summed E-state index contributed by atoms with van der Waals surface area (Å²) in [7, 11) is 3.13. The number of hydrogen-bond acceptors (Lipinski definition) is 5. The standard InChI is InChI=1S/C32H33N3O4/c1-38-29-17-16-26(20-30(29)39-2)21-31(36)35(23-25-13-7-4-8-14-25)28(19-24-11-5-3-6-12-24)32(37)34-22-27-15-9-10-18-33-27/h3-18,20,28H,19,21-23H2,1-2H3,(H,34,37). The Balaban J connectivity index is 1.65. The first-order valence-electron chi connectivity index (χ1n) is 12.8. The van der Waals surface area contributed by atoms with Crippen molar-refractivity contribution < 1.29 is 19.1 Å². The Morgan fingerprint density at radius 1 is 0.795 bits per heavy atom. The van der Waals surface area contributed by atoms with E-state index in [0.29, 0.717) is 24.5 Å². The van der Waals surface area contributed by atoms with Crippen LogP contribution in [0.5, 0.6) is 11.5 Å². The molecule has 0 saturated heterocycles. The van der Waals surface area contributed by atoms with Crippen LogP contribution in [0, 0.1) is 0 Å². The van der Waals surface area contributed by atoms with Crippen LogP contribution >= 0.6 is 0 Å². The Bertz CT molecular complexity index is 1350. The minimum absolute atomic E-state index is 0.103. The fourth-order valence-corrected chi connectivity index (χ4v) is 4.40. The molecule has 0 spiro atoms. The first-order valence-corrected chi connectivity index (χ1v) is 12.8. The van der Waals surface area contributed by atoms with Crippen LogP contribution in [-0.2, 0) is 35.5 Å². The number of nitrogens with one attached hydrogen (secondary N) is 1. The highest BCUT2D eigenvalue weighted by molar-refractivity contribution is 5.88. The van der Waals surface area contributed by atoms with Crippen LogP contribution in [0.15, 0.2) is 103 Å². The minimum Gasteiger partial charge on any atom is -0.493 e. The predicted octanol–water partition coefficient (Wildman–Crippen LogP) is 4.60. The van der Waals surface area contributed by atoms with E-state index < -0.39 is 6.04 Å². The van der Waals surface area contributed by atoms with Crippen molar-refractivity contribution in [1.82, 2.24) is 15.2 Å². The predicted molar refractivity (Wildman–Crippen MR) is 150 cm³/mol. The molecule has 4 aromatic rings. The lowest BCUT2D eigenvalue weighted by atomic mass is 10.0. The lowest BCUT2D eigenvalue weighted by Gasteiger charge is -2.31. The normalized spacial score (nSPS) is 11.3. The molecule has 1 N–H and O–H groups in total. The molecule has 0 aliphatic heterocycles. The SMILES string of the molecule is COc1ccc(CC(=O)N(Cc2ccccc2)C(Cc2ccccc2)C(=O)NCc2ccccn2)cc1OC. The molecule has 1 aromatic heterocycles. The zero-order chi connectivity index (χ0) is 27.5. The van der Waals surface area contributed by atoms with Gasteiger partial charge in [0.2, 0.25) is 11.8 Å². The van der Waals surface area contributed by atoms with Crippen LogP contribution in [0.1, 0.15) is 22.4 Å². The summed E-state index contributed by atoms with van der Waals surface area (Å²) < 4.78 is 10.8. The van der Waals surface area contributed by atoms with Crippen molar-refractivity contribution in [2.45, 2.75) is 32.0 Å². The molecule has 0 saturated carbocycles. The molecule has 0 aliphatic carbocycles. The third-order valence-electron chi connectivity index (χ3n) is 6.44. The number of carbonyl (C=O) groups excluding carboxylic acids is 2. The van der Waals surface area contributed by atoms with Gasteiger partial charge in [-0.15, -0.1) is 0 Å². The Morgan fingerprint density at radius 2 is 1.46 bits per heavy atom. The molecule has 1 atom stereocenters. The van der Waals surface area contributed by atoms with Gasteiger partial charge in [0.05, 0.1) is 32.9 Å². The van der Waals surface area contributed by atoms with Crippen LogP contribution in [0.25, 0.3) is 0 Å². The van der Waals surface area contributed by atoms with E-state index in [-0.39, 0.29) is 24.8 Å². The molecule has 0 fully saturated rings. The van der Waals surface area contributed by atoms with E-state index in [1.807, 2.05) is 84.9 Å². The summed E-state index contributed by atoms with van der Waals surface area (Å²) >= 11 is 0. The number of carbonyl (C=O) groups is 2. The number of ether oxygens (including phenoxy) is 2. The molecule has 1 unspecified atom stereocenters. The average molecular weight is 524 g/mol. The summed E-state index contributed by atoms with van der Waals surface area (Å²) in [4.78, 5) is 33.7. The van der Waals surface area contributed by atoms with E-state index in [1.54, 1.807) is 37.4 Å². The van der Waals surface area contributed by atoms with Crippen molar-refractivity contribution in [3.05, 3.63) is 126 Å². The van der Waals surface area contributed by atoms with Gasteiger partial charge in [0.1, 0.15) is 6.04 Å². The molecular formula is C32H33N3O4. The van der Waals surface area contributed by atoms with Gasteiger partial charge in [-0.1, -0.05) is 72.8 Å². The van der Waals surface area contributed by atoms with E-state index in [1.165, 1.54) is 0 Å². The highest BCUT2D eigenvalue weighted by atomic mass is 16.5. The first-order chi connectivity index (χ1) is 19.1. The monoisotopic (exact) mass is 523 g/mol. The van der Waals surface area contributed by atoms with Gasteiger partial charge in [0, 0.05) is 19.2 Å². The number of methoxy groups -OCH3 is 2. The van der Waals surface area contributed by atoms with Gasteiger partial charge in [0.15, 0.2) is 11.5 Å². The van der Waals surface area contributed by atoms with Crippen molar-refractivity contribution in [2.75, 3.05) is 14.2 Å². The molecule has 4 rings (SSSR count). The van der Waals surface area contributed by atoms with Crippen molar-refractivity contribution in [3.8, 4) is 11.5 Å². The molecule has 3 aromatic carbocycles. The zero-order valence-electron chi connectivity index (χ0n) is 22.2. The maximum atomic E-state index is 13.9. The molecule has 200 valence electrons. The van der Waals surface area contributed by atoms with Gasteiger partial charge >= 0.3 is 0 Å². The van der Waals surface area contributed by atoms with Gasteiger partial charge in [-0.2, -0.15) is 0 Å². The number of amides is 2. The molecule has 0 bridgehead atoms. The number of benzene rings is 3. The molecule has 7 nitrogen and oxygen atoms in total. The van der Waals surface area contributed by atoms with Gasteiger partial charge < -0.3 is 19.7 Å². The highest BCUT2D eigenvalue weighted by Crippen LogP contribution is 2.28. The smallest absolute Gasteiger partial charge is 0.243 e. The summed E-state index contributed by atoms with van der Waals surface area (Å²) in [6.07, 6.45) is 2.17. The molecule has 1 heterocycles. The van der Waals surface area contributed by atoms with Gasteiger partial charge in [-0.05, 0) is 41.0 Å². The maximum absolute atomic E-state index is 13.9. The summed E-state index contributed by atoms with van der Waals surface area (Å²) in [5.74, 6) is 0.734. The minimum atomic E-state index is -0.732. The number of nitrogens with zero attached hydrogens (tertiary/aromatic N) is 2. The van der Waals surface area contributed by atoms with Crippen LogP contribution < -0.4 is 14.8 Å². The second kappa shape index (κ2) is 13.8. The largest absolute Gasteiger partial charge is 0.493 e. The lowest BCUT2D eigenvalue weighted by Crippen LogP contribution is -2.50. The average Bonchev–Trinajstić information content (AvgIpc) is 2.99. The van der Waals surface area contributed by atoms with Crippen LogP contribution in [0.3, 0.4) is 0 Å². The van der Waals surface area contributed by atoms with E-state index in [4.69, 9.17) is 9.47 Å². The molecule has 39 heavy (non-hydrogen) atoms. The summed E-state index contributed by atoms with van der Waals surface area (Å²) in [5, 5.41) is 3.01. The van der Waals surface area contributed by atoms with Crippen molar-refractivity contribution >= 4 is 11.8 Å². The van der Waals surface area contributed by atoms with Crippen LogP contribution in [0.2, 0.25) is 0 Å². The number of pyridine rings is 1. The highest BCUT2D eigenvalue weighted by Gasteiger charge is 2.30. The van der Waals surface area contributed by atoms with E-state index >= 15 is 0 Å². The Kier molecular flexibility index (Phi) is 9.67. The second-order valence-electron chi connectivity index (χ2n) is 9.12. The third-order valence-corrected chi connectivity index (χ3v) is 6.44. The molecule has 0 aliphatic rings. The van der Waals surface area contributed by atoms with Crippen LogP contribution in [-0.4, -0.2) is 42.0 Å². The topological polar surface area (TPSA) is 80.8 Å². The summed E-state index contributed by atoms with van der Waals surface area (Å²) in [6, 6.07) is 29.7. The van der Waals surface area contributed by atoms with Crippen molar-refractivity contribution in [2.24, 2.45) is 0 Å². The first kappa shape index (κ1) is 27.4. The fourth-order valence-electron chi connectivity index (χ4n) is 4.40. The second-order valence-corrected chi connectivity index (χ2v) is 9.12. The van der Waals surface area contributed by atoms with Crippen molar-refractivity contribution in [1.29, 1.82) is 0 Å². The molecule has 2 amide bonds. The van der Waals surface area contributed by atoms with E-state index in [0.717, 1.165) is 22.4 Å². The molecular weight excluding hydrogens is 490 g/mol. The fraction of sp³-hybridized carbons (Fsp3) is 0.219. The van der Waals surface area contributed by atoms with E-state index in [2.05, 4.69) is 10.3 Å². The van der Waals surface area contributed by atoms with Gasteiger partial charge in [0.25, 0.3) is 0 Å². The Labute approximate surface area is 229 Å². The zero-order valence-corrected chi connectivity index (χ0v) is 22.2. The van der Waals surface area contributed by atoms with Crippen LogP contribution in [0.4, 0.5) is 0 Å². The van der Waals surface area contributed by atoms with Gasteiger partial charge in [-0.25, -0.2) is 0 Å². The van der Waals surface area contributed by atoms with Gasteiger partial charge in [-0.3, -0.25) is 14.6 Å². The molecule has 0 radical (unpaired) electrons. The third kappa shape index (κ3) is 7.68. The molecule has 7 heteroatoms. The van der Waals surface area contributed by atoms with Crippen molar-refractivity contribution in [3.63, 3.8) is 0 Å². The number of aromatic nitrogens is 1. The Hall–Kier alpha value is -4.65. The van der Waals surface area contributed by atoms with E-state index in [9.17, 15) is 9.59 Å².